The van der Waals surface area contributed by atoms with Gasteiger partial charge in [-0.3, -0.25) is 0 Å². The van der Waals surface area contributed by atoms with Gasteiger partial charge < -0.3 is 15.0 Å². The van der Waals surface area contributed by atoms with E-state index < -0.39 is 13.0 Å². The van der Waals surface area contributed by atoms with Gasteiger partial charge in [-0.2, -0.15) is 0 Å². The Balaban J connectivity index is 2.10. The molecule has 5 heteroatoms. The molecule has 16 heavy (non-hydrogen) atoms. The highest BCUT2D eigenvalue weighted by atomic mass is 19.3. The summed E-state index contributed by atoms with van der Waals surface area (Å²) in [7, 11) is 1.99. The molecule has 3 nitrogen and oxygen atoms in total. The van der Waals surface area contributed by atoms with E-state index in [-0.39, 0.29) is 0 Å². The third kappa shape index (κ3) is 4.72. The molecule has 0 radical (unpaired) electrons. The lowest BCUT2D eigenvalue weighted by Gasteiger charge is -2.36. The Morgan fingerprint density at radius 2 is 2.25 bits per heavy atom. The van der Waals surface area contributed by atoms with Crippen LogP contribution in [0.3, 0.4) is 0 Å². The smallest absolute Gasteiger partial charge is 0.261 e. The quantitative estimate of drug-likeness (QED) is 0.701. The molecule has 1 rings (SSSR count). The van der Waals surface area contributed by atoms with Crippen LogP contribution in [-0.2, 0) is 4.74 Å². The topological polar surface area (TPSA) is 24.5 Å². The normalized spacial score (nSPS) is 27.6. The first-order chi connectivity index (χ1) is 7.63. The lowest BCUT2D eigenvalue weighted by atomic mass is 9.94. The first kappa shape index (κ1) is 13.8. The summed E-state index contributed by atoms with van der Waals surface area (Å²) in [4.78, 5) is 2.28. The maximum Gasteiger partial charge on any atom is 0.261 e. The van der Waals surface area contributed by atoms with Gasteiger partial charge in [0.1, 0.15) is 6.61 Å². The monoisotopic (exact) mass is 236 g/mol. The van der Waals surface area contributed by atoms with E-state index in [9.17, 15) is 8.78 Å². The van der Waals surface area contributed by atoms with Gasteiger partial charge in [0.25, 0.3) is 6.43 Å². The fourth-order valence-corrected chi connectivity index (χ4v) is 2.23. The molecule has 1 aliphatic rings. The molecule has 1 fully saturated rings. The van der Waals surface area contributed by atoms with E-state index in [0.29, 0.717) is 18.6 Å². The number of hydrogen-bond donors (Lipinski definition) is 1. The minimum absolute atomic E-state index is 0.404. The Labute approximate surface area is 96.1 Å². The first-order valence-corrected chi connectivity index (χ1v) is 5.89. The van der Waals surface area contributed by atoms with Crippen LogP contribution in [0.5, 0.6) is 0 Å². The number of likely N-dealkylation sites (tertiary alicyclic amines) is 1. The van der Waals surface area contributed by atoms with Crippen molar-refractivity contribution in [3.8, 4) is 0 Å². The Morgan fingerprint density at radius 1 is 1.50 bits per heavy atom. The summed E-state index contributed by atoms with van der Waals surface area (Å²) in [5.74, 6) is 0.605. The van der Waals surface area contributed by atoms with Gasteiger partial charge >= 0.3 is 0 Å². The molecule has 0 aromatic rings. The second-order valence-electron chi connectivity index (χ2n) is 4.43. The molecule has 0 aromatic heterocycles. The number of nitrogens with one attached hydrogen (secondary N) is 1. The molecular weight excluding hydrogens is 214 g/mol. The Kier molecular flexibility index (Phi) is 6.16. The third-order valence-corrected chi connectivity index (χ3v) is 3.16. The van der Waals surface area contributed by atoms with Crippen LogP contribution in [-0.4, -0.2) is 57.3 Å². The van der Waals surface area contributed by atoms with Crippen molar-refractivity contribution in [2.24, 2.45) is 5.92 Å². The molecule has 0 aliphatic carbocycles. The summed E-state index contributed by atoms with van der Waals surface area (Å²) in [6.45, 7) is 4.97. The van der Waals surface area contributed by atoms with Crippen LogP contribution in [0.2, 0.25) is 0 Å². The molecule has 1 N–H and O–H groups in total. The Hall–Kier alpha value is -0.260. The minimum atomic E-state index is -2.35. The average Bonchev–Trinajstić information content (AvgIpc) is 2.24. The van der Waals surface area contributed by atoms with Crippen LogP contribution in [0, 0.1) is 5.92 Å². The van der Waals surface area contributed by atoms with Gasteiger partial charge in [-0.25, -0.2) is 8.78 Å². The van der Waals surface area contributed by atoms with Gasteiger partial charge in [-0.15, -0.1) is 0 Å². The van der Waals surface area contributed by atoms with E-state index in [1.54, 1.807) is 0 Å². The molecule has 0 spiro atoms. The molecule has 96 valence electrons. The van der Waals surface area contributed by atoms with Crippen LogP contribution in [0.25, 0.3) is 0 Å². The maximum atomic E-state index is 11.8. The fourth-order valence-electron chi connectivity index (χ4n) is 2.23. The van der Waals surface area contributed by atoms with Crippen LogP contribution in [0.1, 0.15) is 13.3 Å². The van der Waals surface area contributed by atoms with E-state index in [1.165, 1.54) is 0 Å². The van der Waals surface area contributed by atoms with Crippen molar-refractivity contribution in [3.63, 3.8) is 0 Å². The number of nitrogens with zero attached hydrogens (tertiary/aromatic N) is 1. The Morgan fingerprint density at radius 3 is 2.81 bits per heavy atom. The third-order valence-electron chi connectivity index (χ3n) is 3.16. The van der Waals surface area contributed by atoms with Gasteiger partial charge in [-0.05, 0) is 25.9 Å². The second-order valence-corrected chi connectivity index (χ2v) is 4.43. The number of alkyl halides is 2. The highest BCUT2D eigenvalue weighted by molar-refractivity contribution is 4.81. The van der Waals surface area contributed by atoms with Gasteiger partial charge in [0.05, 0.1) is 6.61 Å². The molecule has 1 saturated heterocycles. The maximum absolute atomic E-state index is 11.8. The number of hydrogen-bond acceptors (Lipinski definition) is 3. The van der Waals surface area contributed by atoms with Crippen molar-refractivity contribution in [2.75, 3.05) is 39.9 Å². The molecule has 0 aromatic carbocycles. The molecule has 0 amide bonds. The van der Waals surface area contributed by atoms with Gasteiger partial charge in [-0.1, -0.05) is 6.92 Å². The minimum Gasteiger partial charge on any atom is -0.374 e. The van der Waals surface area contributed by atoms with Crippen LogP contribution in [0.15, 0.2) is 0 Å². The molecule has 2 atom stereocenters. The van der Waals surface area contributed by atoms with Gasteiger partial charge in [0.15, 0.2) is 0 Å². The fraction of sp³-hybridized carbons (Fsp3) is 1.00. The zero-order valence-electron chi connectivity index (χ0n) is 10.1. The Bertz CT molecular complexity index is 193. The van der Waals surface area contributed by atoms with Crippen molar-refractivity contribution in [3.05, 3.63) is 0 Å². The lowest BCUT2D eigenvalue weighted by molar-refractivity contribution is 0.00528. The van der Waals surface area contributed by atoms with E-state index in [0.717, 1.165) is 26.1 Å². The van der Waals surface area contributed by atoms with Crippen molar-refractivity contribution in [2.45, 2.75) is 25.8 Å². The lowest BCUT2D eigenvalue weighted by Crippen LogP contribution is -2.48. The van der Waals surface area contributed by atoms with E-state index in [4.69, 9.17) is 4.74 Å². The highest BCUT2D eigenvalue weighted by Gasteiger charge is 2.24. The molecular formula is C11H22F2N2O. The number of halogens is 2. The highest BCUT2D eigenvalue weighted by Crippen LogP contribution is 2.15. The first-order valence-electron chi connectivity index (χ1n) is 5.89. The largest absolute Gasteiger partial charge is 0.374 e. The number of piperidine rings is 1. The van der Waals surface area contributed by atoms with Crippen molar-refractivity contribution < 1.29 is 13.5 Å². The van der Waals surface area contributed by atoms with Crippen molar-refractivity contribution >= 4 is 0 Å². The summed E-state index contributed by atoms with van der Waals surface area (Å²) in [6.07, 6.45) is -1.24. The summed E-state index contributed by atoms with van der Waals surface area (Å²) in [5.41, 5.74) is 0. The standard InChI is InChI=1S/C11H22F2N2O/c1-9-7-15(4-3-10(9)14-2)5-6-16-8-11(12)13/h9-11,14H,3-8H2,1-2H3. The van der Waals surface area contributed by atoms with Gasteiger partial charge in [0, 0.05) is 19.1 Å². The van der Waals surface area contributed by atoms with E-state index >= 15 is 0 Å². The molecule has 2 unspecified atom stereocenters. The SMILES string of the molecule is CNC1CCN(CCOCC(F)F)CC1C. The number of ether oxygens (including phenoxy) is 1. The predicted molar refractivity (Wildman–Crippen MR) is 59.9 cm³/mol. The zero-order valence-corrected chi connectivity index (χ0v) is 10.1. The molecule has 1 heterocycles. The van der Waals surface area contributed by atoms with Gasteiger partial charge in [0.2, 0.25) is 0 Å². The van der Waals surface area contributed by atoms with Crippen molar-refractivity contribution in [1.82, 2.24) is 10.2 Å². The van der Waals surface area contributed by atoms with Crippen LogP contribution in [0.4, 0.5) is 8.78 Å². The van der Waals surface area contributed by atoms with Crippen LogP contribution < -0.4 is 5.32 Å². The van der Waals surface area contributed by atoms with Crippen LogP contribution >= 0.6 is 0 Å². The van der Waals surface area contributed by atoms with E-state index in [2.05, 4.69) is 17.1 Å². The summed E-state index contributed by atoms with van der Waals surface area (Å²) >= 11 is 0. The second kappa shape index (κ2) is 7.14. The molecule has 0 bridgehead atoms. The molecule has 1 aliphatic heterocycles. The molecule has 0 saturated carbocycles. The summed E-state index contributed by atoms with van der Waals surface area (Å²) < 4.78 is 28.5. The predicted octanol–water partition coefficient (Wildman–Crippen LogP) is 1.20. The van der Waals surface area contributed by atoms with E-state index in [1.807, 2.05) is 7.05 Å². The average molecular weight is 236 g/mol. The van der Waals surface area contributed by atoms with Crippen molar-refractivity contribution in [1.29, 1.82) is 0 Å². The summed E-state index contributed by atoms with van der Waals surface area (Å²) in [6, 6.07) is 0.582. The zero-order chi connectivity index (χ0) is 12.0. The summed E-state index contributed by atoms with van der Waals surface area (Å²) in [5, 5.41) is 3.30. The number of rotatable bonds is 6.